The van der Waals surface area contributed by atoms with Gasteiger partial charge in [0, 0.05) is 24.2 Å². The van der Waals surface area contributed by atoms with Gasteiger partial charge in [0.15, 0.2) is 5.69 Å². The second-order valence-electron chi connectivity index (χ2n) is 6.13. The van der Waals surface area contributed by atoms with Crippen molar-refractivity contribution < 1.29 is 9.53 Å². The summed E-state index contributed by atoms with van der Waals surface area (Å²) in [6.45, 7) is 4.01. The molecule has 0 aliphatic heterocycles. The van der Waals surface area contributed by atoms with Crippen molar-refractivity contribution in [2.45, 2.75) is 26.4 Å². The molecule has 1 amide bonds. The summed E-state index contributed by atoms with van der Waals surface area (Å²) in [5.74, 6) is 0.170. The highest BCUT2D eigenvalue weighted by Gasteiger charge is 2.17. The first-order chi connectivity index (χ1) is 12.5. The van der Waals surface area contributed by atoms with Crippen LogP contribution < -0.4 is 15.6 Å². The third-order valence-corrected chi connectivity index (χ3v) is 3.99. The quantitative estimate of drug-likeness (QED) is 0.761. The number of carbonyl (C=O) groups is 1. The maximum Gasteiger partial charge on any atom is 0.274 e. The predicted octanol–water partition coefficient (Wildman–Crippen LogP) is 2.31. The summed E-state index contributed by atoms with van der Waals surface area (Å²) in [4.78, 5) is 29.4. The van der Waals surface area contributed by atoms with Gasteiger partial charge >= 0.3 is 0 Å². The van der Waals surface area contributed by atoms with E-state index in [9.17, 15) is 9.59 Å². The van der Waals surface area contributed by atoms with Gasteiger partial charge in [-0.3, -0.25) is 9.59 Å². The van der Waals surface area contributed by atoms with E-state index in [1.807, 2.05) is 19.9 Å². The van der Waals surface area contributed by atoms with Gasteiger partial charge in [-0.1, -0.05) is 24.3 Å². The van der Waals surface area contributed by atoms with E-state index in [0.29, 0.717) is 23.2 Å². The highest BCUT2D eigenvalue weighted by Crippen LogP contribution is 2.15. The molecule has 0 atom stereocenters. The predicted molar refractivity (Wildman–Crippen MR) is 98.3 cm³/mol. The van der Waals surface area contributed by atoms with Crippen molar-refractivity contribution in [1.29, 1.82) is 0 Å². The summed E-state index contributed by atoms with van der Waals surface area (Å²) in [6.07, 6.45) is 1.64. The van der Waals surface area contributed by atoms with Crippen LogP contribution in [0.1, 0.15) is 35.9 Å². The Labute approximate surface area is 150 Å². The Morgan fingerprint density at radius 1 is 1.19 bits per heavy atom. The molecule has 1 aromatic carbocycles. The summed E-state index contributed by atoms with van der Waals surface area (Å²) < 4.78 is 6.36. The lowest BCUT2D eigenvalue weighted by molar-refractivity contribution is 0.0945. The van der Waals surface area contributed by atoms with Crippen LogP contribution in [0.5, 0.6) is 5.88 Å². The van der Waals surface area contributed by atoms with Gasteiger partial charge in [-0.25, -0.2) is 9.67 Å². The number of aromatic nitrogens is 3. The smallest absolute Gasteiger partial charge is 0.274 e. The van der Waals surface area contributed by atoms with Crippen LogP contribution in [0.2, 0.25) is 0 Å². The molecule has 0 fully saturated rings. The fraction of sp³-hybridized carbons (Fsp3) is 0.263. The van der Waals surface area contributed by atoms with Crippen LogP contribution in [0.15, 0.2) is 47.4 Å². The first kappa shape index (κ1) is 17.6. The molecule has 0 bridgehead atoms. The van der Waals surface area contributed by atoms with Gasteiger partial charge in [-0.05, 0) is 25.5 Å². The van der Waals surface area contributed by atoms with E-state index in [1.165, 1.54) is 4.68 Å². The molecule has 1 N–H and O–H groups in total. The fourth-order valence-electron chi connectivity index (χ4n) is 2.63. The van der Waals surface area contributed by atoms with Gasteiger partial charge < -0.3 is 10.1 Å². The maximum absolute atomic E-state index is 12.7. The molecule has 0 radical (unpaired) electrons. The van der Waals surface area contributed by atoms with Gasteiger partial charge in [-0.2, -0.15) is 5.10 Å². The summed E-state index contributed by atoms with van der Waals surface area (Å²) >= 11 is 0. The first-order valence-electron chi connectivity index (χ1n) is 8.30. The van der Waals surface area contributed by atoms with E-state index in [-0.39, 0.29) is 23.2 Å². The molecule has 0 saturated carbocycles. The summed E-state index contributed by atoms with van der Waals surface area (Å²) in [7, 11) is 1.55. The van der Waals surface area contributed by atoms with Gasteiger partial charge in [0.25, 0.3) is 11.5 Å². The van der Waals surface area contributed by atoms with Crippen molar-refractivity contribution in [1.82, 2.24) is 20.1 Å². The monoisotopic (exact) mass is 352 g/mol. The summed E-state index contributed by atoms with van der Waals surface area (Å²) in [5.41, 5.74) is 0.863. The minimum absolute atomic E-state index is 0.149. The van der Waals surface area contributed by atoms with Crippen molar-refractivity contribution in [3.05, 3.63) is 64.2 Å². The highest BCUT2D eigenvalue weighted by molar-refractivity contribution is 6.04. The number of rotatable bonds is 5. The third-order valence-electron chi connectivity index (χ3n) is 3.99. The van der Waals surface area contributed by atoms with Crippen LogP contribution in [-0.2, 0) is 6.54 Å². The molecule has 0 aliphatic rings. The molecule has 3 rings (SSSR count). The third kappa shape index (κ3) is 3.42. The van der Waals surface area contributed by atoms with E-state index in [1.54, 1.807) is 43.6 Å². The number of amides is 1. The Morgan fingerprint density at radius 2 is 1.92 bits per heavy atom. The molecule has 26 heavy (non-hydrogen) atoms. The van der Waals surface area contributed by atoms with Crippen molar-refractivity contribution in [3.8, 4) is 5.88 Å². The minimum Gasteiger partial charge on any atom is -0.481 e. The Bertz CT molecular complexity index is 994. The standard InChI is InChI=1S/C19H20N4O3/c1-12(2)23-19(25)15-7-5-4-6-14(15)17(22-23)18(24)21-11-13-8-9-16(26-3)20-10-13/h4-10,12H,11H2,1-3H3,(H,21,24). The molecule has 0 saturated heterocycles. The van der Waals surface area contributed by atoms with Crippen LogP contribution in [0, 0.1) is 0 Å². The van der Waals surface area contributed by atoms with Crippen LogP contribution in [0.4, 0.5) is 0 Å². The Morgan fingerprint density at radius 3 is 2.54 bits per heavy atom. The van der Waals surface area contributed by atoms with E-state index in [2.05, 4.69) is 15.4 Å². The minimum atomic E-state index is -0.341. The van der Waals surface area contributed by atoms with Crippen LogP contribution in [-0.4, -0.2) is 27.8 Å². The van der Waals surface area contributed by atoms with Crippen molar-refractivity contribution in [3.63, 3.8) is 0 Å². The van der Waals surface area contributed by atoms with E-state index in [4.69, 9.17) is 4.74 Å². The largest absolute Gasteiger partial charge is 0.481 e. The molecular weight excluding hydrogens is 332 g/mol. The number of carbonyl (C=O) groups excluding carboxylic acids is 1. The Balaban J connectivity index is 1.92. The van der Waals surface area contributed by atoms with E-state index >= 15 is 0 Å². The van der Waals surface area contributed by atoms with E-state index in [0.717, 1.165) is 5.56 Å². The number of ether oxygens (including phenoxy) is 1. The first-order valence-corrected chi connectivity index (χ1v) is 8.30. The number of nitrogens with zero attached hydrogens (tertiary/aromatic N) is 3. The van der Waals surface area contributed by atoms with Gasteiger partial charge in [0.1, 0.15) is 0 Å². The van der Waals surface area contributed by atoms with Gasteiger partial charge in [0.2, 0.25) is 5.88 Å². The van der Waals surface area contributed by atoms with Crippen molar-refractivity contribution >= 4 is 16.7 Å². The lowest BCUT2D eigenvalue weighted by Crippen LogP contribution is -2.31. The number of methoxy groups -OCH3 is 1. The maximum atomic E-state index is 12.7. The topological polar surface area (TPSA) is 86.1 Å². The lowest BCUT2D eigenvalue weighted by atomic mass is 10.1. The molecular formula is C19H20N4O3. The van der Waals surface area contributed by atoms with E-state index < -0.39 is 0 Å². The van der Waals surface area contributed by atoms with Gasteiger partial charge in [-0.15, -0.1) is 0 Å². The summed E-state index contributed by atoms with van der Waals surface area (Å²) in [6, 6.07) is 10.4. The lowest BCUT2D eigenvalue weighted by Gasteiger charge is -2.13. The second kappa shape index (κ2) is 7.35. The molecule has 2 heterocycles. The number of nitrogens with one attached hydrogen (secondary N) is 1. The number of benzene rings is 1. The highest BCUT2D eigenvalue weighted by atomic mass is 16.5. The molecule has 134 valence electrons. The Kier molecular flexibility index (Phi) is 4.97. The number of fused-ring (bicyclic) bond motifs is 1. The fourth-order valence-corrected chi connectivity index (χ4v) is 2.63. The zero-order valence-corrected chi connectivity index (χ0v) is 14.9. The normalized spacial score (nSPS) is 10.9. The average molecular weight is 352 g/mol. The average Bonchev–Trinajstić information content (AvgIpc) is 2.66. The number of hydrogen-bond donors (Lipinski definition) is 1. The molecule has 0 spiro atoms. The molecule has 0 aliphatic carbocycles. The van der Waals surface area contributed by atoms with Crippen LogP contribution >= 0.6 is 0 Å². The van der Waals surface area contributed by atoms with Crippen LogP contribution in [0.25, 0.3) is 10.8 Å². The SMILES string of the molecule is COc1ccc(CNC(=O)c2nn(C(C)C)c(=O)c3ccccc23)cn1. The molecule has 0 unspecified atom stereocenters. The van der Waals surface area contributed by atoms with Crippen molar-refractivity contribution in [2.75, 3.05) is 7.11 Å². The van der Waals surface area contributed by atoms with Crippen molar-refractivity contribution in [2.24, 2.45) is 0 Å². The Hall–Kier alpha value is -3.22. The molecule has 7 nitrogen and oxygen atoms in total. The molecule has 7 heteroatoms. The number of hydrogen-bond acceptors (Lipinski definition) is 5. The van der Waals surface area contributed by atoms with Gasteiger partial charge in [0.05, 0.1) is 18.5 Å². The molecule has 3 aromatic rings. The zero-order valence-electron chi connectivity index (χ0n) is 14.9. The second-order valence-corrected chi connectivity index (χ2v) is 6.13. The van der Waals surface area contributed by atoms with Crippen LogP contribution in [0.3, 0.4) is 0 Å². The summed E-state index contributed by atoms with van der Waals surface area (Å²) in [5, 5.41) is 8.15. The zero-order chi connectivity index (χ0) is 18.7. The molecule has 2 aromatic heterocycles. The number of pyridine rings is 1.